The minimum absolute atomic E-state index is 0.0253. The Morgan fingerprint density at radius 2 is 1.96 bits per heavy atom. The molecular formula is C23H33N3O2. The van der Waals surface area contributed by atoms with E-state index in [1.165, 1.54) is 6.54 Å². The maximum atomic E-state index is 12.4. The normalized spacial score (nSPS) is 15.9. The Morgan fingerprint density at radius 3 is 2.64 bits per heavy atom. The first-order chi connectivity index (χ1) is 13.4. The van der Waals surface area contributed by atoms with Crippen LogP contribution in [0.4, 0.5) is 0 Å². The predicted octanol–water partition coefficient (Wildman–Crippen LogP) is 3.99. The van der Waals surface area contributed by atoms with Gasteiger partial charge in [-0.2, -0.15) is 0 Å². The van der Waals surface area contributed by atoms with Gasteiger partial charge in [-0.05, 0) is 63.2 Å². The summed E-state index contributed by atoms with van der Waals surface area (Å²) >= 11 is 0. The van der Waals surface area contributed by atoms with Crippen LogP contribution in [0, 0.1) is 25.7 Å². The molecular weight excluding hydrogens is 350 g/mol. The molecule has 0 unspecified atom stereocenters. The molecule has 0 saturated carbocycles. The van der Waals surface area contributed by atoms with E-state index in [9.17, 15) is 4.79 Å². The molecule has 5 nitrogen and oxygen atoms in total. The molecule has 2 heterocycles. The molecule has 1 aromatic carbocycles. The number of aromatic nitrogens is 1. The van der Waals surface area contributed by atoms with E-state index in [1.807, 2.05) is 38.1 Å². The van der Waals surface area contributed by atoms with Gasteiger partial charge in [0.05, 0.1) is 12.1 Å². The van der Waals surface area contributed by atoms with E-state index >= 15 is 0 Å². The van der Waals surface area contributed by atoms with Gasteiger partial charge in [0, 0.05) is 18.7 Å². The Hall–Kier alpha value is -2.14. The molecule has 1 aliphatic heterocycles. The molecule has 1 fully saturated rings. The second-order valence-electron chi connectivity index (χ2n) is 8.46. The van der Waals surface area contributed by atoms with Crippen LogP contribution in [-0.4, -0.2) is 42.0 Å². The van der Waals surface area contributed by atoms with Crippen LogP contribution in [0.1, 0.15) is 43.7 Å². The van der Waals surface area contributed by atoms with E-state index in [0.29, 0.717) is 17.7 Å². The summed E-state index contributed by atoms with van der Waals surface area (Å²) in [6.07, 6.45) is 2.59. The molecule has 1 saturated heterocycles. The van der Waals surface area contributed by atoms with Crippen molar-refractivity contribution < 1.29 is 9.21 Å². The Kier molecular flexibility index (Phi) is 6.89. The number of aryl methyl sites for hydroxylation is 2. The first kappa shape index (κ1) is 20.6. The van der Waals surface area contributed by atoms with Crippen molar-refractivity contribution in [2.75, 3.05) is 26.2 Å². The fourth-order valence-corrected chi connectivity index (χ4v) is 3.88. The molecule has 0 radical (unpaired) electrons. The van der Waals surface area contributed by atoms with Crippen LogP contribution in [0.5, 0.6) is 0 Å². The van der Waals surface area contributed by atoms with Gasteiger partial charge in [-0.25, -0.2) is 4.98 Å². The molecule has 0 bridgehead atoms. The van der Waals surface area contributed by atoms with Crippen molar-refractivity contribution in [3.63, 3.8) is 0 Å². The Bertz CT molecular complexity index is 789. The third-order valence-electron chi connectivity index (χ3n) is 5.51. The molecule has 0 aliphatic carbocycles. The maximum absolute atomic E-state index is 12.4. The number of hydrogen-bond acceptors (Lipinski definition) is 4. The lowest BCUT2D eigenvalue weighted by atomic mass is 9.96. The molecule has 0 atom stereocenters. The van der Waals surface area contributed by atoms with E-state index in [2.05, 4.69) is 29.0 Å². The second-order valence-corrected chi connectivity index (χ2v) is 8.46. The number of nitrogens with one attached hydrogen (secondary N) is 1. The molecule has 1 amide bonds. The van der Waals surface area contributed by atoms with Crippen molar-refractivity contribution in [1.29, 1.82) is 0 Å². The minimum Gasteiger partial charge on any atom is -0.441 e. The number of likely N-dealkylation sites (tertiary alicyclic amines) is 1. The van der Waals surface area contributed by atoms with Crippen LogP contribution in [0.2, 0.25) is 0 Å². The molecule has 2 aromatic rings. The fourth-order valence-electron chi connectivity index (χ4n) is 3.88. The van der Waals surface area contributed by atoms with E-state index in [0.717, 1.165) is 55.1 Å². The van der Waals surface area contributed by atoms with Gasteiger partial charge in [-0.1, -0.05) is 32.0 Å². The highest BCUT2D eigenvalue weighted by Gasteiger charge is 2.21. The summed E-state index contributed by atoms with van der Waals surface area (Å²) in [6.45, 7) is 12.7. The number of benzene rings is 1. The van der Waals surface area contributed by atoms with Gasteiger partial charge in [-0.15, -0.1) is 0 Å². The van der Waals surface area contributed by atoms with Crippen LogP contribution in [0.25, 0.3) is 11.5 Å². The highest BCUT2D eigenvalue weighted by molar-refractivity contribution is 5.78. The first-order valence-electron chi connectivity index (χ1n) is 10.4. The lowest BCUT2D eigenvalue weighted by molar-refractivity contribution is -0.120. The van der Waals surface area contributed by atoms with Crippen LogP contribution in [0.3, 0.4) is 0 Å². The first-order valence-corrected chi connectivity index (χ1v) is 10.4. The van der Waals surface area contributed by atoms with Gasteiger partial charge in [-0.3, -0.25) is 4.79 Å². The van der Waals surface area contributed by atoms with Crippen LogP contribution in [-0.2, 0) is 11.2 Å². The third-order valence-corrected chi connectivity index (χ3v) is 5.51. The van der Waals surface area contributed by atoms with Crippen LogP contribution < -0.4 is 5.32 Å². The number of nitrogens with zero attached hydrogens (tertiary/aromatic N) is 2. The molecule has 5 heteroatoms. The van der Waals surface area contributed by atoms with Crippen LogP contribution >= 0.6 is 0 Å². The molecule has 1 aromatic heterocycles. The third kappa shape index (κ3) is 5.44. The number of amides is 1. The van der Waals surface area contributed by atoms with Gasteiger partial charge in [0.25, 0.3) is 0 Å². The largest absolute Gasteiger partial charge is 0.441 e. The van der Waals surface area contributed by atoms with Crippen molar-refractivity contribution in [3.8, 4) is 11.5 Å². The van der Waals surface area contributed by atoms with Gasteiger partial charge in [0.1, 0.15) is 5.76 Å². The Labute approximate surface area is 168 Å². The van der Waals surface area contributed by atoms with E-state index in [4.69, 9.17) is 4.42 Å². The molecule has 0 spiro atoms. The van der Waals surface area contributed by atoms with Gasteiger partial charge in [0.15, 0.2) is 0 Å². The van der Waals surface area contributed by atoms with Crippen molar-refractivity contribution in [1.82, 2.24) is 15.2 Å². The summed E-state index contributed by atoms with van der Waals surface area (Å²) in [7, 11) is 0. The summed E-state index contributed by atoms with van der Waals surface area (Å²) in [5.41, 5.74) is 2.82. The molecule has 1 N–H and O–H groups in total. The second kappa shape index (κ2) is 9.37. The SMILES string of the molecule is Cc1ccccc1-c1nc(CC(=O)NCC2CCN(CC(C)C)CC2)c(C)o1. The Balaban J connectivity index is 1.49. The summed E-state index contributed by atoms with van der Waals surface area (Å²) in [4.78, 5) is 19.5. The summed E-state index contributed by atoms with van der Waals surface area (Å²) in [5, 5.41) is 3.10. The molecule has 28 heavy (non-hydrogen) atoms. The maximum Gasteiger partial charge on any atom is 0.226 e. The predicted molar refractivity (Wildman–Crippen MR) is 112 cm³/mol. The Morgan fingerprint density at radius 1 is 1.25 bits per heavy atom. The minimum atomic E-state index is 0.0253. The zero-order valence-corrected chi connectivity index (χ0v) is 17.6. The van der Waals surface area contributed by atoms with Crippen LogP contribution in [0.15, 0.2) is 28.7 Å². The quantitative estimate of drug-likeness (QED) is 0.785. The average Bonchev–Trinajstić information content (AvgIpc) is 3.01. The van der Waals surface area contributed by atoms with Crippen molar-refractivity contribution in [3.05, 3.63) is 41.3 Å². The number of rotatable bonds is 7. The summed E-state index contributed by atoms with van der Waals surface area (Å²) < 4.78 is 5.82. The number of hydrogen-bond donors (Lipinski definition) is 1. The standard InChI is InChI=1S/C23H33N3O2/c1-16(2)15-26-11-9-19(10-12-26)14-24-22(27)13-21-18(4)28-23(25-21)20-8-6-5-7-17(20)3/h5-8,16,19H,9-15H2,1-4H3,(H,24,27). The van der Waals surface area contributed by atoms with E-state index in [-0.39, 0.29) is 12.3 Å². The number of carbonyl (C=O) groups is 1. The van der Waals surface area contributed by atoms with Gasteiger partial charge in [0.2, 0.25) is 11.8 Å². The van der Waals surface area contributed by atoms with Gasteiger partial charge >= 0.3 is 0 Å². The average molecular weight is 384 g/mol. The molecule has 3 rings (SSSR count). The molecule has 152 valence electrons. The zero-order chi connectivity index (χ0) is 20.1. The van der Waals surface area contributed by atoms with Crippen molar-refractivity contribution >= 4 is 5.91 Å². The molecule has 1 aliphatic rings. The number of oxazole rings is 1. The topological polar surface area (TPSA) is 58.4 Å². The van der Waals surface area contributed by atoms with E-state index in [1.54, 1.807) is 0 Å². The fraction of sp³-hybridized carbons (Fsp3) is 0.565. The monoisotopic (exact) mass is 383 g/mol. The van der Waals surface area contributed by atoms with Crippen molar-refractivity contribution in [2.45, 2.75) is 47.0 Å². The number of carbonyl (C=O) groups excluding carboxylic acids is 1. The smallest absolute Gasteiger partial charge is 0.226 e. The lowest BCUT2D eigenvalue weighted by Crippen LogP contribution is -2.40. The van der Waals surface area contributed by atoms with Gasteiger partial charge < -0.3 is 14.6 Å². The van der Waals surface area contributed by atoms with Crippen molar-refractivity contribution in [2.24, 2.45) is 11.8 Å². The summed E-state index contributed by atoms with van der Waals surface area (Å²) in [6, 6.07) is 8.00. The highest BCUT2D eigenvalue weighted by Crippen LogP contribution is 2.25. The zero-order valence-electron chi connectivity index (χ0n) is 17.6. The number of piperidine rings is 1. The van der Waals surface area contributed by atoms with E-state index < -0.39 is 0 Å². The lowest BCUT2D eigenvalue weighted by Gasteiger charge is -2.33. The summed E-state index contributed by atoms with van der Waals surface area (Å²) in [5.74, 6) is 2.63. The highest BCUT2D eigenvalue weighted by atomic mass is 16.4.